The third kappa shape index (κ3) is 3.58. The number of carbonyl (C=O) groups excluding carboxylic acids is 1. The van der Waals surface area contributed by atoms with Gasteiger partial charge in [-0.3, -0.25) is 9.69 Å². The normalized spacial score (nSPS) is 11.0. The van der Waals surface area contributed by atoms with Crippen molar-refractivity contribution in [2.24, 2.45) is 0 Å². The maximum atomic E-state index is 13.2. The molecule has 3 nitrogen and oxygen atoms in total. The van der Waals surface area contributed by atoms with Crippen LogP contribution in [0.5, 0.6) is 0 Å². The van der Waals surface area contributed by atoms with Gasteiger partial charge in [0, 0.05) is 0 Å². The molecule has 0 fully saturated rings. The van der Waals surface area contributed by atoms with Crippen molar-refractivity contribution in [2.75, 3.05) is 4.90 Å². The van der Waals surface area contributed by atoms with Crippen LogP contribution in [0.15, 0.2) is 64.5 Å². The number of aryl methyl sites for hydroxylation is 1. The van der Waals surface area contributed by atoms with E-state index in [2.05, 4.69) is 28.9 Å². The molecular weight excluding hydrogens is 428 g/mol. The van der Waals surface area contributed by atoms with E-state index in [1.54, 1.807) is 16.2 Å². The number of hydrogen-bond donors (Lipinski definition) is 0. The van der Waals surface area contributed by atoms with Crippen molar-refractivity contribution in [2.45, 2.75) is 13.5 Å². The zero-order valence-electron chi connectivity index (χ0n) is 14.0. The minimum atomic E-state index is -0.0275. The zero-order chi connectivity index (χ0) is 18.1. The van der Waals surface area contributed by atoms with Gasteiger partial charge in [0.2, 0.25) is 0 Å². The van der Waals surface area contributed by atoms with Crippen molar-refractivity contribution in [1.29, 1.82) is 0 Å². The van der Waals surface area contributed by atoms with Crippen molar-refractivity contribution in [3.63, 3.8) is 0 Å². The Morgan fingerprint density at radius 1 is 1.08 bits per heavy atom. The lowest BCUT2D eigenvalue weighted by Gasteiger charge is -2.19. The van der Waals surface area contributed by atoms with Crippen molar-refractivity contribution < 1.29 is 4.79 Å². The number of nitrogens with zero attached hydrogens (tertiary/aromatic N) is 2. The lowest BCUT2D eigenvalue weighted by molar-refractivity contribution is 0.0989. The Morgan fingerprint density at radius 3 is 2.62 bits per heavy atom. The quantitative estimate of drug-likeness (QED) is 0.372. The average Bonchev–Trinajstić information content (AvgIpc) is 3.25. The monoisotopic (exact) mass is 442 g/mol. The highest BCUT2D eigenvalue weighted by atomic mass is 79.9. The predicted molar refractivity (Wildman–Crippen MR) is 113 cm³/mol. The molecule has 0 N–H and O–H groups in total. The average molecular weight is 443 g/mol. The Balaban J connectivity index is 1.76. The molecule has 0 spiro atoms. The van der Waals surface area contributed by atoms with E-state index in [0.29, 0.717) is 11.4 Å². The summed E-state index contributed by atoms with van der Waals surface area (Å²) in [5.41, 5.74) is 3.19. The molecule has 4 aromatic rings. The maximum Gasteiger partial charge on any atom is 0.270 e. The molecule has 2 aromatic heterocycles. The van der Waals surface area contributed by atoms with E-state index in [1.807, 2.05) is 54.6 Å². The van der Waals surface area contributed by atoms with Crippen molar-refractivity contribution in [1.82, 2.24) is 4.98 Å². The fourth-order valence-corrected chi connectivity index (χ4v) is 5.09. The highest BCUT2D eigenvalue weighted by Crippen LogP contribution is 2.33. The van der Waals surface area contributed by atoms with E-state index < -0.39 is 0 Å². The Labute approximate surface area is 168 Å². The molecule has 0 bridgehead atoms. The summed E-state index contributed by atoms with van der Waals surface area (Å²) in [7, 11) is 0. The van der Waals surface area contributed by atoms with Crippen LogP contribution in [0.2, 0.25) is 0 Å². The summed E-state index contributed by atoms with van der Waals surface area (Å²) < 4.78 is 2.04. The van der Waals surface area contributed by atoms with Gasteiger partial charge in [-0.05, 0) is 58.2 Å². The minimum absolute atomic E-state index is 0.0275. The Morgan fingerprint density at radius 2 is 1.88 bits per heavy atom. The number of amides is 1. The van der Waals surface area contributed by atoms with Gasteiger partial charge in [0.1, 0.15) is 0 Å². The van der Waals surface area contributed by atoms with Crippen molar-refractivity contribution >= 4 is 59.9 Å². The molecule has 0 aliphatic carbocycles. The van der Waals surface area contributed by atoms with Gasteiger partial charge in [0.15, 0.2) is 5.13 Å². The van der Waals surface area contributed by atoms with Gasteiger partial charge in [-0.2, -0.15) is 0 Å². The summed E-state index contributed by atoms with van der Waals surface area (Å²) in [6.45, 7) is 2.56. The van der Waals surface area contributed by atoms with Gasteiger partial charge in [-0.25, -0.2) is 4.98 Å². The second-order valence-electron chi connectivity index (χ2n) is 5.95. The third-order valence-corrected chi connectivity index (χ3v) is 6.63. The molecule has 0 saturated carbocycles. The van der Waals surface area contributed by atoms with Crippen LogP contribution in [0.3, 0.4) is 0 Å². The number of halogens is 1. The maximum absolute atomic E-state index is 13.2. The Kier molecular flexibility index (Phi) is 4.89. The number of anilines is 1. The molecule has 0 atom stereocenters. The molecule has 0 aliphatic rings. The number of aromatic nitrogens is 1. The number of thiazole rings is 1. The van der Waals surface area contributed by atoms with E-state index in [1.165, 1.54) is 16.9 Å². The zero-order valence-corrected chi connectivity index (χ0v) is 17.2. The van der Waals surface area contributed by atoms with Crippen LogP contribution in [0, 0.1) is 6.92 Å². The molecule has 0 unspecified atom stereocenters. The molecule has 2 aromatic carbocycles. The molecule has 0 saturated heterocycles. The molecular formula is C20H15BrN2OS2. The predicted octanol–water partition coefficient (Wildman–Crippen LogP) is 6.28. The Bertz CT molecular complexity index is 1070. The fraction of sp³-hybridized carbons (Fsp3) is 0.100. The highest BCUT2D eigenvalue weighted by molar-refractivity contribution is 9.11. The number of carbonyl (C=O) groups is 1. The Hall–Kier alpha value is -2.02. The lowest BCUT2D eigenvalue weighted by atomic mass is 10.2. The molecule has 0 radical (unpaired) electrons. The first-order valence-corrected chi connectivity index (χ1v) is 10.5. The van der Waals surface area contributed by atoms with Gasteiger partial charge in [0.25, 0.3) is 5.91 Å². The SMILES string of the molecule is Cc1ccc2nc(N(Cc3ccccc3)C(=O)c3ccc(Br)s3)sc2c1. The summed E-state index contributed by atoms with van der Waals surface area (Å²) in [5.74, 6) is -0.0275. The molecule has 130 valence electrons. The van der Waals surface area contributed by atoms with Crippen molar-refractivity contribution in [3.05, 3.63) is 80.5 Å². The van der Waals surface area contributed by atoms with Crippen LogP contribution in [-0.2, 0) is 6.54 Å². The van der Waals surface area contributed by atoms with Crippen LogP contribution in [0.25, 0.3) is 10.2 Å². The first-order chi connectivity index (χ1) is 12.6. The number of rotatable bonds is 4. The first-order valence-electron chi connectivity index (χ1n) is 8.08. The fourth-order valence-electron chi connectivity index (χ4n) is 2.69. The van der Waals surface area contributed by atoms with E-state index in [-0.39, 0.29) is 5.91 Å². The van der Waals surface area contributed by atoms with Gasteiger partial charge in [-0.15, -0.1) is 11.3 Å². The molecule has 0 aliphatic heterocycles. The van der Waals surface area contributed by atoms with E-state index >= 15 is 0 Å². The summed E-state index contributed by atoms with van der Waals surface area (Å²) in [4.78, 5) is 20.4. The van der Waals surface area contributed by atoms with Crippen LogP contribution < -0.4 is 4.90 Å². The number of hydrogen-bond acceptors (Lipinski definition) is 4. The smallest absolute Gasteiger partial charge is 0.270 e. The standard InChI is InChI=1S/C20H15BrN2OS2/c1-13-7-8-15-17(11-13)26-20(22-15)23(12-14-5-3-2-4-6-14)19(24)16-9-10-18(21)25-16/h2-11H,12H2,1H3. The highest BCUT2D eigenvalue weighted by Gasteiger charge is 2.23. The van der Waals surface area contributed by atoms with E-state index in [9.17, 15) is 4.79 Å². The minimum Gasteiger partial charge on any atom is -0.279 e. The van der Waals surface area contributed by atoms with Gasteiger partial charge >= 0.3 is 0 Å². The van der Waals surface area contributed by atoms with E-state index in [4.69, 9.17) is 4.98 Å². The number of thiophene rings is 1. The second-order valence-corrected chi connectivity index (χ2v) is 9.42. The van der Waals surface area contributed by atoms with Crippen LogP contribution in [0.1, 0.15) is 20.8 Å². The third-order valence-electron chi connectivity index (χ3n) is 3.98. The largest absolute Gasteiger partial charge is 0.279 e. The van der Waals surface area contributed by atoms with Crippen LogP contribution >= 0.6 is 38.6 Å². The van der Waals surface area contributed by atoms with Gasteiger partial charge in [-0.1, -0.05) is 47.7 Å². The topological polar surface area (TPSA) is 33.2 Å². The molecule has 4 rings (SSSR count). The molecule has 1 amide bonds. The summed E-state index contributed by atoms with van der Waals surface area (Å²) >= 11 is 6.44. The summed E-state index contributed by atoms with van der Waals surface area (Å²) in [6, 6.07) is 19.9. The summed E-state index contributed by atoms with van der Waals surface area (Å²) in [5, 5.41) is 0.726. The van der Waals surface area contributed by atoms with Crippen LogP contribution in [0.4, 0.5) is 5.13 Å². The first kappa shape index (κ1) is 17.4. The van der Waals surface area contributed by atoms with Crippen molar-refractivity contribution in [3.8, 4) is 0 Å². The second kappa shape index (κ2) is 7.31. The molecule has 2 heterocycles. The van der Waals surface area contributed by atoms with Gasteiger partial charge < -0.3 is 0 Å². The van der Waals surface area contributed by atoms with Gasteiger partial charge in [0.05, 0.1) is 25.4 Å². The molecule has 6 heteroatoms. The lowest BCUT2D eigenvalue weighted by Crippen LogP contribution is -2.29. The number of fused-ring (bicyclic) bond motifs is 1. The molecule has 26 heavy (non-hydrogen) atoms. The van der Waals surface area contributed by atoms with Crippen LogP contribution in [-0.4, -0.2) is 10.9 Å². The summed E-state index contributed by atoms with van der Waals surface area (Å²) in [6.07, 6.45) is 0. The van der Waals surface area contributed by atoms with E-state index in [0.717, 1.165) is 24.7 Å². The number of benzene rings is 2.